The van der Waals surface area contributed by atoms with Gasteiger partial charge in [-0.3, -0.25) is 0 Å². The van der Waals surface area contributed by atoms with E-state index in [1.54, 1.807) is 6.07 Å². The number of rotatable bonds is 6. The van der Waals surface area contributed by atoms with E-state index in [9.17, 15) is 8.42 Å². The Kier molecular flexibility index (Phi) is 6.10. The fourth-order valence-corrected chi connectivity index (χ4v) is 5.33. The van der Waals surface area contributed by atoms with E-state index in [2.05, 4.69) is 10.0 Å². The SMILES string of the molecule is CCc1ccc(CNC)cc1S(=O)(=O)NC1CCSCC1. The lowest BCUT2D eigenvalue weighted by Gasteiger charge is -2.23. The molecule has 21 heavy (non-hydrogen) atoms. The molecule has 0 saturated carbocycles. The highest BCUT2D eigenvalue weighted by molar-refractivity contribution is 7.99. The molecule has 2 N–H and O–H groups in total. The molecule has 1 aromatic rings. The highest BCUT2D eigenvalue weighted by atomic mass is 32.2. The van der Waals surface area contributed by atoms with E-state index in [4.69, 9.17) is 0 Å². The topological polar surface area (TPSA) is 58.2 Å². The van der Waals surface area contributed by atoms with E-state index in [0.717, 1.165) is 41.9 Å². The molecule has 1 saturated heterocycles. The molecule has 0 radical (unpaired) electrons. The Morgan fingerprint density at radius 2 is 2.00 bits per heavy atom. The molecule has 1 aliphatic rings. The molecule has 2 rings (SSSR count). The van der Waals surface area contributed by atoms with Crippen LogP contribution in [-0.2, 0) is 23.0 Å². The smallest absolute Gasteiger partial charge is 0.241 e. The summed E-state index contributed by atoms with van der Waals surface area (Å²) < 4.78 is 28.3. The van der Waals surface area contributed by atoms with Crippen LogP contribution in [-0.4, -0.2) is 33.0 Å². The molecule has 6 heteroatoms. The Hall–Kier alpha value is -0.560. The Balaban J connectivity index is 2.26. The lowest BCUT2D eigenvalue weighted by atomic mass is 10.1. The number of aryl methyl sites for hydroxylation is 1. The molecule has 1 fully saturated rings. The fourth-order valence-electron chi connectivity index (χ4n) is 2.55. The van der Waals surface area contributed by atoms with E-state index in [1.165, 1.54) is 0 Å². The van der Waals surface area contributed by atoms with Crippen molar-refractivity contribution in [2.45, 2.75) is 43.7 Å². The van der Waals surface area contributed by atoms with Gasteiger partial charge in [0.15, 0.2) is 0 Å². The summed E-state index contributed by atoms with van der Waals surface area (Å²) in [4.78, 5) is 0.441. The molecule has 0 amide bonds. The second kappa shape index (κ2) is 7.63. The summed E-state index contributed by atoms with van der Waals surface area (Å²) in [6.45, 7) is 2.66. The molecule has 4 nitrogen and oxygen atoms in total. The van der Waals surface area contributed by atoms with Gasteiger partial charge < -0.3 is 5.32 Å². The highest BCUT2D eigenvalue weighted by Gasteiger charge is 2.24. The molecule has 0 aliphatic carbocycles. The van der Waals surface area contributed by atoms with Gasteiger partial charge in [-0.25, -0.2) is 13.1 Å². The summed E-state index contributed by atoms with van der Waals surface area (Å²) >= 11 is 1.89. The first kappa shape index (κ1) is 16.8. The van der Waals surface area contributed by atoms with Crippen molar-refractivity contribution in [1.82, 2.24) is 10.0 Å². The number of hydrogen-bond donors (Lipinski definition) is 2. The normalized spacial score (nSPS) is 17.0. The monoisotopic (exact) mass is 328 g/mol. The van der Waals surface area contributed by atoms with Gasteiger partial charge in [0.2, 0.25) is 10.0 Å². The van der Waals surface area contributed by atoms with Crippen LogP contribution in [0.4, 0.5) is 0 Å². The molecular weight excluding hydrogens is 304 g/mol. The van der Waals surface area contributed by atoms with Crippen LogP contribution < -0.4 is 10.0 Å². The largest absolute Gasteiger partial charge is 0.316 e. The zero-order chi connectivity index (χ0) is 15.3. The second-order valence-electron chi connectivity index (χ2n) is 5.33. The van der Waals surface area contributed by atoms with Crippen molar-refractivity contribution in [1.29, 1.82) is 0 Å². The van der Waals surface area contributed by atoms with E-state index in [-0.39, 0.29) is 6.04 Å². The zero-order valence-corrected chi connectivity index (χ0v) is 14.3. The van der Waals surface area contributed by atoms with Crippen LogP contribution in [0.1, 0.15) is 30.9 Å². The number of hydrogen-bond acceptors (Lipinski definition) is 4. The van der Waals surface area contributed by atoms with E-state index >= 15 is 0 Å². The quantitative estimate of drug-likeness (QED) is 0.840. The first-order chi connectivity index (χ1) is 10.1. The van der Waals surface area contributed by atoms with Gasteiger partial charge in [0.25, 0.3) is 0 Å². The van der Waals surface area contributed by atoms with Gasteiger partial charge in [-0.2, -0.15) is 11.8 Å². The molecule has 0 unspecified atom stereocenters. The van der Waals surface area contributed by atoms with Crippen molar-refractivity contribution in [3.8, 4) is 0 Å². The maximum absolute atomic E-state index is 12.7. The predicted octanol–water partition coefficient (Wildman–Crippen LogP) is 2.14. The Labute approximate surface area is 132 Å². The van der Waals surface area contributed by atoms with Crippen molar-refractivity contribution in [3.63, 3.8) is 0 Å². The summed E-state index contributed by atoms with van der Waals surface area (Å²) in [6, 6.07) is 5.80. The van der Waals surface area contributed by atoms with E-state index in [1.807, 2.05) is 37.9 Å². The van der Waals surface area contributed by atoms with Gasteiger partial charge in [0.05, 0.1) is 4.90 Å². The van der Waals surface area contributed by atoms with Crippen LogP contribution in [0.15, 0.2) is 23.1 Å². The molecular formula is C15H24N2O2S2. The van der Waals surface area contributed by atoms with Crippen LogP contribution >= 0.6 is 11.8 Å². The number of nitrogens with one attached hydrogen (secondary N) is 2. The van der Waals surface area contributed by atoms with E-state index < -0.39 is 10.0 Å². The van der Waals surface area contributed by atoms with Crippen LogP contribution in [0.2, 0.25) is 0 Å². The highest BCUT2D eigenvalue weighted by Crippen LogP contribution is 2.22. The van der Waals surface area contributed by atoms with E-state index in [0.29, 0.717) is 11.4 Å². The molecule has 0 bridgehead atoms. The van der Waals surface area contributed by atoms with Gasteiger partial charge in [0, 0.05) is 12.6 Å². The minimum absolute atomic E-state index is 0.0777. The third-order valence-electron chi connectivity index (χ3n) is 3.73. The van der Waals surface area contributed by atoms with Crippen molar-refractivity contribution in [3.05, 3.63) is 29.3 Å². The van der Waals surface area contributed by atoms with Gasteiger partial charge in [-0.15, -0.1) is 0 Å². The summed E-state index contributed by atoms with van der Waals surface area (Å²) in [5.41, 5.74) is 1.88. The van der Waals surface area contributed by atoms with Gasteiger partial charge in [0.1, 0.15) is 0 Å². The third kappa shape index (κ3) is 4.45. The zero-order valence-electron chi connectivity index (χ0n) is 12.7. The Bertz CT molecular complexity index is 567. The van der Waals surface area contributed by atoms with Gasteiger partial charge >= 0.3 is 0 Å². The van der Waals surface area contributed by atoms with Gasteiger partial charge in [-0.1, -0.05) is 19.1 Å². The summed E-state index contributed by atoms with van der Waals surface area (Å²) in [5, 5.41) is 3.06. The number of thioether (sulfide) groups is 1. The molecule has 0 atom stereocenters. The molecule has 1 aliphatic heterocycles. The maximum Gasteiger partial charge on any atom is 0.241 e. The van der Waals surface area contributed by atoms with Gasteiger partial charge in [-0.05, 0) is 55.0 Å². The minimum atomic E-state index is -3.43. The van der Waals surface area contributed by atoms with Crippen molar-refractivity contribution in [2.24, 2.45) is 0 Å². The molecule has 1 aromatic carbocycles. The molecule has 0 spiro atoms. The minimum Gasteiger partial charge on any atom is -0.316 e. The van der Waals surface area contributed by atoms with Crippen LogP contribution in [0, 0.1) is 0 Å². The van der Waals surface area contributed by atoms with Crippen LogP contribution in [0.25, 0.3) is 0 Å². The number of benzene rings is 1. The standard InChI is InChI=1S/C15H24N2O2S2/c1-3-13-5-4-12(11-16-2)10-15(13)21(18,19)17-14-6-8-20-9-7-14/h4-5,10,14,16-17H,3,6-9,11H2,1-2H3. The lowest BCUT2D eigenvalue weighted by Crippen LogP contribution is -2.37. The average Bonchev–Trinajstić information content (AvgIpc) is 2.48. The average molecular weight is 329 g/mol. The molecule has 1 heterocycles. The van der Waals surface area contributed by atoms with Crippen molar-refractivity contribution >= 4 is 21.8 Å². The fraction of sp³-hybridized carbons (Fsp3) is 0.600. The molecule has 0 aromatic heterocycles. The molecule has 118 valence electrons. The Morgan fingerprint density at radius 1 is 1.29 bits per heavy atom. The van der Waals surface area contributed by atoms with Crippen molar-refractivity contribution < 1.29 is 8.42 Å². The second-order valence-corrected chi connectivity index (χ2v) is 8.24. The lowest BCUT2D eigenvalue weighted by molar-refractivity contribution is 0.528. The maximum atomic E-state index is 12.7. The number of sulfonamides is 1. The van der Waals surface area contributed by atoms with Crippen molar-refractivity contribution in [2.75, 3.05) is 18.6 Å². The predicted molar refractivity (Wildman–Crippen MR) is 89.3 cm³/mol. The summed E-state index contributed by atoms with van der Waals surface area (Å²) in [6.07, 6.45) is 2.56. The summed E-state index contributed by atoms with van der Waals surface area (Å²) in [7, 11) is -1.57. The first-order valence-corrected chi connectivity index (χ1v) is 10.1. The van der Waals surface area contributed by atoms with Crippen LogP contribution in [0.3, 0.4) is 0 Å². The Morgan fingerprint density at radius 3 is 2.62 bits per heavy atom. The first-order valence-electron chi connectivity index (χ1n) is 7.43. The third-order valence-corrected chi connectivity index (χ3v) is 6.38. The van der Waals surface area contributed by atoms with Crippen LogP contribution in [0.5, 0.6) is 0 Å². The summed E-state index contributed by atoms with van der Waals surface area (Å²) in [5.74, 6) is 2.07.